The molecule has 0 amide bonds. The number of carbonyl (C=O) groups excluding carboxylic acids is 1. The van der Waals surface area contributed by atoms with Gasteiger partial charge in [0.2, 0.25) is 5.82 Å². The monoisotopic (exact) mass is 540 g/mol. The number of fused-ring (bicyclic) bond motifs is 1. The van der Waals surface area contributed by atoms with Gasteiger partial charge < -0.3 is 29.6 Å². The van der Waals surface area contributed by atoms with Crippen molar-refractivity contribution in [2.45, 2.75) is 6.92 Å². The second kappa shape index (κ2) is 14.4. The first-order chi connectivity index (χ1) is 19.0. The van der Waals surface area contributed by atoms with Gasteiger partial charge in [-0.2, -0.15) is 4.39 Å². The first kappa shape index (κ1) is 29.1. The van der Waals surface area contributed by atoms with E-state index >= 15 is 0 Å². The number of methoxy groups -OCH3 is 1. The van der Waals surface area contributed by atoms with E-state index < -0.39 is 11.6 Å². The molecule has 0 aliphatic carbocycles. The zero-order valence-electron chi connectivity index (χ0n) is 22.1. The number of nitrogens with zero attached hydrogens (tertiary/aromatic N) is 2. The van der Waals surface area contributed by atoms with Crippen LogP contribution < -0.4 is 29.6 Å². The van der Waals surface area contributed by atoms with Gasteiger partial charge in [0.15, 0.2) is 29.4 Å². The van der Waals surface area contributed by atoms with Crippen LogP contribution in [0.3, 0.4) is 0 Å². The minimum atomic E-state index is -1.07. The van der Waals surface area contributed by atoms with Gasteiger partial charge >= 0.3 is 0 Å². The quantitative estimate of drug-likeness (QED) is 0.195. The average molecular weight is 541 g/mol. The average Bonchev–Trinajstić information content (AvgIpc) is 2.96. The molecule has 0 fully saturated rings. The van der Waals surface area contributed by atoms with Crippen molar-refractivity contribution in [1.29, 1.82) is 0 Å². The van der Waals surface area contributed by atoms with Crippen LogP contribution in [0.2, 0.25) is 0 Å². The van der Waals surface area contributed by atoms with Crippen LogP contribution in [0.25, 0.3) is 10.9 Å². The molecule has 0 saturated carbocycles. The first-order valence-corrected chi connectivity index (χ1v) is 12.1. The fourth-order valence-corrected chi connectivity index (χ4v) is 3.44. The topological polar surface area (TPSA) is 104 Å². The lowest BCUT2D eigenvalue weighted by atomic mass is 10.1. The van der Waals surface area contributed by atoms with Gasteiger partial charge in [-0.3, -0.25) is 14.8 Å². The fourth-order valence-electron chi connectivity index (χ4n) is 3.44. The molecule has 11 heteroatoms. The largest absolute Gasteiger partial charge is 0.493 e. The van der Waals surface area contributed by atoms with E-state index in [2.05, 4.69) is 20.6 Å². The maximum Gasteiger partial charge on any atom is 0.203 e. The molecule has 0 aliphatic heterocycles. The van der Waals surface area contributed by atoms with Crippen LogP contribution in [0.4, 0.5) is 14.5 Å². The van der Waals surface area contributed by atoms with Crippen LogP contribution in [0.1, 0.15) is 17.3 Å². The Kier molecular flexibility index (Phi) is 10.8. The Balaban J connectivity index is 0.000000320. The lowest BCUT2D eigenvalue weighted by Gasteiger charge is -2.14. The molecule has 39 heavy (non-hydrogen) atoms. The Hall–Kier alpha value is -4.51. The van der Waals surface area contributed by atoms with Crippen molar-refractivity contribution in [1.82, 2.24) is 15.3 Å². The van der Waals surface area contributed by atoms with Gasteiger partial charge in [-0.15, -0.1) is 0 Å². The zero-order chi connectivity index (χ0) is 28.2. The summed E-state index contributed by atoms with van der Waals surface area (Å²) in [5.74, 6) is -0.369. The zero-order valence-corrected chi connectivity index (χ0v) is 22.1. The number of halogens is 2. The van der Waals surface area contributed by atoms with Crippen LogP contribution in [0, 0.1) is 11.6 Å². The molecule has 0 spiro atoms. The highest BCUT2D eigenvalue weighted by molar-refractivity contribution is 5.88. The lowest BCUT2D eigenvalue weighted by molar-refractivity contribution is 0.111. The third kappa shape index (κ3) is 7.29. The molecule has 206 valence electrons. The molecular formula is C28H30F2N4O5. The van der Waals surface area contributed by atoms with Crippen LogP contribution >= 0.6 is 0 Å². The van der Waals surface area contributed by atoms with Crippen molar-refractivity contribution < 1.29 is 32.5 Å². The number of benzene rings is 2. The van der Waals surface area contributed by atoms with Crippen LogP contribution in [0.5, 0.6) is 28.7 Å². The van der Waals surface area contributed by atoms with Crippen molar-refractivity contribution in [3.63, 3.8) is 0 Å². The summed E-state index contributed by atoms with van der Waals surface area (Å²) in [4.78, 5) is 18.5. The second-order valence-electron chi connectivity index (χ2n) is 7.84. The SMILES string of the molecule is CCOc1ccncc1C=O.CNCCOc1cc2nccc(Oc3ccc(NC)c(F)c3F)c2cc1OC. The van der Waals surface area contributed by atoms with Gasteiger partial charge in [-0.05, 0) is 44.3 Å². The van der Waals surface area contributed by atoms with Gasteiger partial charge in [-0.1, -0.05) is 0 Å². The molecule has 9 nitrogen and oxygen atoms in total. The van der Waals surface area contributed by atoms with Gasteiger partial charge in [-0.25, -0.2) is 4.39 Å². The predicted octanol–water partition coefficient (Wildman–Crippen LogP) is 5.25. The summed E-state index contributed by atoms with van der Waals surface area (Å²) in [6, 6.07) is 9.44. The number of nitrogens with one attached hydrogen (secondary N) is 2. The van der Waals surface area contributed by atoms with E-state index in [0.717, 1.165) is 6.29 Å². The Labute approximate surface area is 225 Å². The number of rotatable bonds is 11. The van der Waals surface area contributed by atoms with Gasteiger partial charge in [0.25, 0.3) is 0 Å². The molecular weight excluding hydrogens is 510 g/mol. The fraction of sp³-hybridized carbons (Fsp3) is 0.250. The Morgan fingerprint density at radius 1 is 0.923 bits per heavy atom. The number of carbonyl (C=O) groups is 1. The molecule has 4 rings (SSSR count). The van der Waals surface area contributed by atoms with Gasteiger partial charge in [0.1, 0.15) is 18.1 Å². The standard InChI is InChI=1S/C20H21F2N3O3.C8H9NO2/c1-23-8-9-27-18-11-14-12(10-17(18)26-3)15(6-7-25-14)28-16-5-4-13(24-2)19(21)20(16)22;1-2-11-8-3-4-9-5-7(8)6-10/h4-7,10-11,23-24H,8-9H2,1-3H3;3-6H,2H2,1H3. The van der Waals surface area contributed by atoms with Gasteiger partial charge in [0, 0.05) is 43.6 Å². The van der Waals surface area contributed by atoms with E-state index in [1.807, 2.05) is 14.0 Å². The van der Waals surface area contributed by atoms with E-state index in [1.54, 1.807) is 30.5 Å². The Bertz CT molecular complexity index is 1400. The number of pyridine rings is 2. The minimum absolute atomic E-state index is 0.0504. The van der Waals surface area contributed by atoms with E-state index in [-0.39, 0.29) is 11.4 Å². The number of likely N-dealkylation sites (N-methyl/N-ethyl adjacent to an activating group) is 1. The van der Waals surface area contributed by atoms with E-state index in [1.165, 1.54) is 38.7 Å². The van der Waals surface area contributed by atoms with Gasteiger partial charge in [0.05, 0.1) is 30.5 Å². The number of hydrogen-bond acceptors (Lipinski definition) is 9. The highest BCUT2D eigenvalue weighted by Gasteiger charge is 2.17. The Morgan fingerprint density at radius 2 is 1.72 bits per heavy atom. The molecule has 2 aromatic carbocycles. The molecule has 0 saturated heterocycles. The van der Waals surface area contributed by atoms with Crippen LogP contribution in [-0.2, 0) is 0 Å². The summed E-state index contributed by atoms with van der Waals surface area (Å²) in [5, 5.41) is 6.16. The molecule has 0 bridgehead atoms. The van der Waals surface area contributed by atoms with Crippen LogP contribution in [-0.4, -0.2) is 57.2 Å². The number of hydrogen-bond donors (Lipinski definition) is 2. The third-order valence-corrected chi connectivity index (χ3v) is 5.37. The summed E-state index contributed by atoms with van der Waals surface area (Å²) in [7, 11) is 4.86. The molecule has 2 N–H and O–H groups in total. The predicted molar refractivity (Wildman–Crippen MR) is 144 cm³/mol. The molecule has 0 atom stereocenters. The van der Waals surface area contributed by atoms with E-state index in [0.29, 0.717) is 59.2 Å². The number of aromatic nitrogens is 2. The molecule has 4 aromatic rings. The summed E-state index contributed by atoms with van der Waals surface area (Å²) in [6.45, 7) is 3.56. The highest BCUT2D eigenvalue weighted by atomic mass is 19.2. The normalized spacial score (nSPS) is 10.3. The Morgan fingerprint density at radius 3 is 2.41 bits per heavy atom. The van der Waals surface area contributed by atoms with Crippen molar-refractivity contribution in [2.75, 3.05) is 46.3 Å². The van der Waals surface area contributed by atoms with Crippen molar-refractivity contribution in [3.05, 3.63) is 72.2 Å². The summed E-state index contributed by atoms with van der Waals surface area (Å²) < 4.78 is 50.2. The summed E-state index contributed by atoms with van der Waals surface area (Å²) in [6.07, 6.45) is 5.34. The molecule has 0 radical (unpaired) electrons. The maximum absolute atomic E-state index is 14.3. The number of anilines is 1. The maximum atomic E-state index is 14.3. The minimum Gasteiger partial charge on any atom is -0.493 e. The third-order valence-electron chi connectivity index (χ3n) is 5.37. The van der Waals surface area contributed by atoms with Crippen molar-refractivity contribution in [2.24, 2.45) is 0 Å². The number of aldehydes is 1. The van der Waals surface area contributed by atoms with Crippen molar-refractivity contribution in [3.8, 4) is 28.7 Å². The molecule has 0 aliphatic rings. The lowest BCUT2D eigenvalue weighted by Crippen LogP contribution is -2.16. The molecule has 2 aromatic heterocycles. The number of ether oxygens (including phenoxy) is 4. The second-order valence-corrected chi connectivity index (χ2v) is 7.84. The van der Waals surface area contributed by atoms with E-state index in [4.69, 9.17) is 18.9 Å². The highest BCUT2D eigenvalue weighted by Crippen LogP contribution is 2.38. The van der Waals surface area contributed by atoms with Crippen LogP contribution in [0.15, 0.2) is 55.0 Å². The molecule has 2 heterocycles. The van der Waals surface area contributed by atoms with E-state index in [9.17, 15) is 13.6 Å². The first-order valence-electron chi connectivity index (χ1n) is 12.1. The van der Waals surface area contributed by atoms with Crippen molar-refractivity contribution >= 4 is 22.9 Å². The smallest absolute Gasteiger partial charge is 0.203 e. The molecule has 0 unspecified atom stereocenters. The summed E-state index contributed by atoms with van der Waals surface area (Å²) in [5.41, 5.74) is 1.12. The summed E-state index contributed by atoms with van der Waals surface area (Å²) >= 11 is 0.